The molecule has 27 heavy (non-hydrogen) atoms. The maximum atomic E-state index is 14.1. The second-order valence-electron chi connectivity index (χ2n) is 7.02. The predicted octanol–water partition coefficient (Wildman–Crippen LogP) is 5.95. The van der Waals surface area contributed by atoms with Gasteiger partial charge in [0.1, 0.15) is 11.4 Å². The zero-order valence-electron chi connectivity index (χ0n) is 14.8. The van der Waals surface area contributed by atoms with Crippen molar-refractivity contribution in [2.45, 2.75) is 26.4 Å². The van der Waals surface area contributed by atoms with Crippen molar-refractivity contribution < 1.29 is 18.7 Å². The molecule has 0 spiro atoms. The van der Waals surface area contributed by atoms with Crippen LogP contribution in [0, 0.1) is 5.82 Å². The molecule has 2 amide bonds. The van der Waals surface area contributed by atoms with Crippen molar-refractivity contribution in [3.05, 3.63) is 63.4 Å². The monoisotopic (exact) mass is 407 g/mol. The van der Waals surface area contributed by atoms with Gasteiger partial charge in [0.25, 0.3) is 5.91 Å². The minimum Gasteiger partial charge on any atom is -0.443 e. The van der Waals surface area contributed by atoms with Crippen molar-refractivity contribution in [1.82, 2.24) is 0 Å². The van der Waals surface area contributed by atoms with Crippen LogP contribution >= 0.6 is 23.2 Å². The molecule has 0 radical (unpaired) electrons. The van der Waals surface area contributed by atoms with E-state index in [1.54, 1.807) is 51.1 Å². The van der Waals surface area contributed by atoms with Crippen molar-refractivity contribution in [2.24, 2.45) is 0 Å². The Bertz CT molecular complexity index is 980. The number of nitrogens with zero attached hydrogens (tertiary/aromatic N) is 1. The zero-order valence-corrected chi connectivity index (χ0v) is 16.4. The lowest BCUT2D eigenvalue weighted by Crippen LogP contribution is -2.38. The summed E-state index contributed by atoms with van der Waals surface area (Å²) < 4.78 is 19.4. The van der Waals surface area contributed by atoms with Crippen molar-refractivity contribution in [2.75, 3.05) is 4.90 Å². The van der Waals surface area contributed by atoms with Crippen LogP contribution in [0.4, 0.5) is 14.9 Å². The summed E-state index contributed by atoms with van der Waals surface area (Å²) in [5.74, 6) is -1.31. The molecule has 7 heteroatoms. The molecule has 4 nitrogen and oxygen atoms in total. The van der Waals surface area contributed by atoms with Crippen molar-refractivity contribution >= 4 is 52.5 Å². The van der Waals surface area contributed by atoms with E-state index in [4.69, 9.17) is 27.9 Å². The molecule has 0 fully saturated rings. The number of rotatable bonds is 1. The number of hydrogen-bond donors (Lipinski definition) is 0. The molecule has 2 aromatic carbocycles. The largest absolute Gasteiger partial charge is 0.443 e. The van der Waals surface area contributed by atoms with E-state index >= 15 is 0 Å². The van der Waals surface area contributed by atoms with Gasteiger partial charge in [0.2, 0.25) is 0 Å². The SMILES string of the molecule is CC(C)(C)OC(=O)N1C(=O)/C(=C\c2cccc(Cl)c2)c2cc(F)c(Cl)cc21. The van der Waals surface area contributed by atoms with Gasteiger partial charge in [-0.15, -0.1) is 0 Å². The fourth-order valence-corrected chi connectivity index (χ4v) is 3.03. The lowest BCUT2D eigenvalue weighted by molar-refractivity contribution is -0.112. The molecular formula is C20H16Cl2FNO3. The highest BCUT2D eigenvalue weighted by Crippen LogP contribution is 2.41. The fourth-order valence-electron chi connectivity index (χ4n) is 2.67. The van der Waals surface area contributed by atoms with Gasteiger partial charge in [0.15, 0.2) is 0 Å². The lowest BCUT2D eigenvalue weighted by Gasteiger charge is -2.23. The number of carbonyl (C=O) groups is 2. The summed E-state index contributed by atoms with van der Waals surface area (Å²) >= 11 is 11.9. The molecule has 3 rings (SSSR count). The first-order chi connectivity index (χ1) is 12.6. The van der Waals surface area contributed by atoms with E-state index in [1.165, 1.54) is 6.07 Å². The van der Waals surface area contributed by atoms with Gasteiger partial charge in [-0.25, -0.2) is 14.1 Å². The maximum Gasteiger partial charge on any atom is 0.422 e. The van der Waals surface area contributed by atoms with Gasteiger partial charge in [-0.3, -0.25) is 4.79 Å². The van der Waals surface area contributed by atoms with Crippen molar-refractivity contribution in [3.8, 4) is 0 Å². The number of benzene rings is 2. The van der Waals surface area contributed by atoms with E-state index < -0.39 is 23.4 Å². The van der Waals surface area contributed by atoms with Gasteiger partial charge < -0.3 is 4.74 Å². The van der Waals surface area contributed by atoms with Gasteiger partial charge in [-0.05, 0) is 56.7 Å². The molecule has 0 saturated heterocycles. The molecule has 1 aliphatic rings. The zero-order chi connectivity index (χ0) is 19.9. The molecule has 0 aromatic heterocycles. The molecule has 0 atom stereocenters. The average Bonchev–Trinajstić information content (AvgIpc) is 2.78. The number of hydrogen-bond acceptors (Lipinski definition) is 3. The highest BCUT2D eigenvalue weighted by Gasteiger charge is 2.40. The Kier molecular flexibility index (Phi) is 5.02. The summed E-state index contributed by atoms with van der Waals surface area (Å²) in [6.45, 7) is 5.06. The van der Waals surface area contributed by atoms with Gasteiger partial charge in [0, 0.05) is 10.6 Å². The number of amides is 2. The Balaban J connectivity index is 2.14. The van der Waals surface area contributed by atoms with Gasteiger partial charge >= 0.3 is 6.09 Å². The Morgan fingerprint density at radius 3 is 2.52 bits per heavy atom. The summed E-state index contributed by atoms with van der Waals surface area (Å²) in [5, 5.41) is 0.292. The summed E-state index contributed by atoms with van der Waals surface area (Å²) in [7, 11) is 0. The second-order valence-corrected chi connectivity index (χ2v) is 7.86. The summed E-state index contributed by atoms with van der Waals surface area (Å²) in [6.07, 6.45) is 0.691. The number of imide groups is 1. The fraction of sp³-hybridized carbons (Fsp3) is 0.200. The minimum atomic E-state index is -0.856. The number of ether oxygens (including phenoxy) is 1. The Hall–Kier alpha value is -2.37. The topological polar surface area (TPSA) is 46.6 Å². The summed E-state index contributed by atoms with van der Waals surface area (Å²) in [6, 6.07) is 9.20. The van der Waals surface area contributed by atoms with Gasteiger partial charge in [-0.2, -0.15) is 0 Å². The Morgan fingerprint density at radius 1 is 1.19 bits per heavy atom. The predicted molar refractivity (Wildman–Crippen MR) is 104 cm³/mol. The van der Waals surface area contributed by atoms with Crippen LogP contribution in [-0.4, -0.2) is 17.6 Å². The lowest BCUT2D eigenvalue weighted by atomic mass is 10.0. The van der Waals surface area contributed by atoms with Crippen molar-refractivity contribution in [1.29, 1.82) is 0 Å². The number of anilines is 1. The van der Waals surface area contributed by atoms with Gasteiger partial charge in [-0.1, -0.05) is 35.3 Å². The first kappa shape index (κ1) is 19.4. The third-order valence-corrected chi connectivity index (χ3v) is 4.26. The van der Waals surface area contributed by atoms with E-state index in [9.17, 15) is 14.0 Å². The van der Waals surface area contributed by atoms with Crippen LogP contribution in [0.3, 0.4) is 0 Å². The number of halogens is 3. The molecule has 1 aliphatic heterocycles. The Morgan fingerprint density at radius 2 is 1.89 bits per heavy atom. The number of fused-ring (bicyclic) bond motifs is 1. The molecule has 1 heterocycles. The molecule has 0 N–H and O–H groups in total. The van der Waals surface area contributed by atoms with Crippen LogP contribution in [0.25, 0.3) is 11.6 Å². The summed E-state index contributed by atoms with van der Waals surface area (Å²) in [5.41, 5.74) is 0.411. The van der Waals surface area contributed by atoms with E-state index in [-0.39, 0.29) is 21.8 Å². The van der Waals surface area contributed by atoms with E-state index in [1.807, 2.05) is 0 Å². The van der Waals surface area contributed by atoms with Crippen LogP contribution < -0.4 is 4.90 Å². The minimum absolute atomic E-state index is 0.147. The second kappa shape index (κ2) is 6.98. The molecular weight excluding hydrogens is 392 g/mol. The highest BCUT2D eigenvalue weighted by atomic mass is 35.5. The van der Waals surface area contributed by atoms with Crippen LogP contribution in [0.2, 0.25) is 10.0 Å². The van der Waals surface area contributed by atoms with Crippen LogP contribution in [0.5, 0.6) is 0 Å². The van der Waals surface area contributed by atoms with Crippen LogP contribution in [-0.2, 0) is 9.53 Å². The average molecular weight is 408 g/mol. The molecule has 0 unspecified atom stereocenters. The third kappa shape index (κ3) is 3.99. The standard InChI is InChI=1S/C20H16Cl2FNO3/c1-20(2,3)27-19(26)24-17-10-15(22)16(23)9-13(17)14(18(24)25)8-11-5-4-6-12(21)7-11/h4-10H,1-3H3/b14-8-. The van der Waals surface area contributed by atoms with E-state index in [0.717, 1.165) is 11.0 Å². The highest BCUT2D eigenvalue weighted by molar-refractivity contribution is 6.42. The molecule has 2 aromatic rings. The van der Waals surface area contributed by atoms with E-state index in [0.29, 0.717) is 10.6 Å². The van der Waals surface area contributed by atoms with Crippen LogP contribution in [0.1, 0.15) is 31.9 Å². The molecule has 0 aliphatic carbocycles. The van der Waals surface area contributed by atoms with Crippen molar-refractivity contribution in [3.63, 3.8) is 0 Å². The quantitative estimate of drug-likeness (QED) is 0.548. The Labute approximate surface area is 166 Å². The molecule has 140 valence electrons. The summed E-state index contributed by atoms with van der Waals surface area (Å²) in [4.78, 5) is 26.4. The maximum absolute atomic E-state index is 14.1. The van der Waals surface area contributed by atoms with Gasteiger partial charge in [0.05, 0.1) is 16.3 Å². The smallest absolute Gasteiger partial charge is 0.422 e. The first-order valence-electron chi connectivity index (χ1n) is 8.11. The van der Waals surface area contributed by atoms with E-state index in [2.05, 4.69) is 0 Å². The third-order valence-electron chi connectivity index (χ3n) is 3.74. The number of carbonyl (C=O) groups excluding carboxylic acids is 2. The molecule has 0 bridgehead atoms. The first-order valence-corrected chi connectivity index (χ1v) is 8.86. The normalized spacial score (nSPS) is 15.3. The molecule has 0 saturated carbocycles. The van der Waals surface area contributed by atoms with Crippen LogP contribution in [0.15, 0.2) is 36.4 Å².